The van der Waals surface area contributed by atoms with E-state index >= 15 is 0 Å². The fourth-order valence-corrected chi connectivity index (χ4v) is 6.47. The number of likely N-dealkylation sites (tertiary alicyclic amines) is 1. The van der Waals surface area contributed by atoms with Gasteiger partial charge in [-0.1, -0.05) is 36.4 Å². The third-order valence-electron chi connectivity index (χ3n) is 8.81. The van der Waals surface area contributed by atoms with E-state index in [1.54, 1.807) is 24.3 Å². The van der Waals surface area contributed by atoms with Crippen LogP contribution in [-0.2, 0) is 11.3 Å². The first-order valence-electron chi connectivity index (χ1n) is 15.0. The largest absolute Gasteiger partial charge is 0.478 e. The highest BCUT2D eigenvalue weighted by atomic mass is 16.5. The zero-order chi connectivity index (χ0) is 28.9. The number of pyridine rings is 1. The van der Waals surface area contributed by atoms with Crippen molar-refractivity contribution in [3.63, 3.8) is 0 Å². The van der Waals surface area contributed by atoms with E-state index in [2.05, 4.69) is 55.3 Å². The van der Waals surface area contributed by atoms with E-state index in [9.17, 15) is 9.59 Å². The number of carbonyl (C=O) groups is 2. The number of nitrogens with one attached hydrogen (secondary N) is 1. The van der Waals surface area contributed by atoms with Crippen molar-refractivity contribution in [1.29, 1.82) is 0 Å². The van der Waals surface area contributed by atoms with Gasteiger partial charge in [-0.05, 0) is 73.1 Å². The molecule has 4 heterocycles. The molecule has 9 heteroatoms. The Balaban J connectivity index is 1.05. The molecule has 3 fully saturated rings. The molecule has 1 atom stereocenters. The van der Waals surface area contributed by atoms with Crippen LogP contribution in [0.5, 0.6) is 0 Å². The smallest absolute Gasteiger partial charge is 0.335 e. The Labute approximate surface area is 247 Å². The summed E-state index contributed by atoms with van der Waals surface area (Å²) >= 11 is 0. The maximum absolute atomic E-state index is 13.8. The van der Waals surface area contributed by atoms with Gasteiger partial charge in [0.2, 0.25) is 0 Å². The van der Waals surface area contributed by atoms with E-state index in [-0.39, 0.29) is 23.7 Å². The monoisotopic (exact) mass is 569 g/mol. The number of piperidine rings is 1. The quantitative estimate of drug-likeness (QED) is 0.356. The highest BCUT2D eigenvalue weighted by Crippen LogP contribution is 2.36. The molecule has 42 heavy (non-hydrogen) atoms. The zero-order valence-corrected chi connectivity index (χ0v) is 23.9. The lowest BCUT2D eigenvalue weighted by molar-refractivity contribution is 0.0574. The van der Waals surface area contributed by atoms with Crippen molar-refractivity contribution >= 4 is 23.5 Å². The lowest BCUT2D eigenvalue weighted by Crippen LogP contribution is -2.47. The molecule has 0 radical (unpaired) electrons. The second-order valence-corrected chi connectivity index (χ2v) is 11.6. The summed E-state index contributed by atoms with van der Waals surface area (Å²) in [5.41, 5.74) is 3.41. The number of ether oxygens (including phenoxy) is 1. The van der Waals surface area contributed by atoms with Gasteiger partial charge in [0.25, 0.3) is 0 Å². The molecule has 6 rings (SSSR count). The summed E-state index contributed by atoms with van der Waals surface area (Å²) in [7, 11) is 0. The molecular formula is C33H39N5O4. The normalized spacial score (nSPS) is 20.7. The summed E-state index contributed by atoms with van der Waals surface area (Å²) in [6.45, 7) is 5.88. The third-order valence-corrected chi connectivity index (χ3v) is 8.81. The Kier molecular flexibility index (Phi) is 8.67. The maximum Gasteiger partial charge on any atom is 0.335 e. The lowest BCUT2D eigenvalue weighted by atomic mass is 9.98. The number of hydrogen-bond donors (Lipinski definition) is 2. The van der Waals surface area contributed by atoms with Crippen molar-refractivity contribution < 1.29 is 19.4 Å². The first-order valence-corrected chi connectivity index (χ1v) is 15.0. The average molecular weight is 570 g/mol. The van der Waals surface area contributed by atoms with E-state index in [1.807, 2.05) is 18.3 Å². The molecule has 3 aliphatic heterocycles. The molecule has 2 N–H and O–H groups in total. The Bertz CT molecular complexity index is 1340. The standard InChI is InChI=1S/C33H39N5O4/c39-32(40)27-7-9-28(10-8-27)35-31-11-6-25(20-34-31)21-36-16-12-29(13-17-36)38-30(26-4-2-1-3-5-26)23-37(33(38)41)22-24-14-18-42-19-15-24/h1-11,20,24,29-30H,12-19,21-23H2,(H,34,35)(H,39,40)/t30-/m0/s1. The summed E-state index contributed by atoms with van der Waals surface area (Å²) < 4.78 is 5.55. The van der Waals surface area contributed by atoms with Crippen LogP contribution in [0.3, 0.4) is 0 Å². The topological polar surface area (TPSA) is 98.2 Å². The first kappa shape index (κ1) is 28.2. The second-order valence-electron chi connectivity index (χ2n) is 11.6. The molecule has 0 saturated carbocycles. The molecule has 0 unspecified atom stereocenters. The third kappa shape index (κ3) is 6.58. The Morgan fingerprint density at radius 2 is 1.69 bits per heavy atom. The SMILES string of the molecule is O=C(O)c1ccc(Nc2ccc(CN3CCC(N4C(=O)N(CC5CCOCC5)C[C@H]4c4ccccc4)CC3)cn2)cc1. The summed E-state index contributed by atoms with van der Waals surface area (Å²) in [4.78, 5) is 36.2. The fraction of sp³-hybridized carbons (Fsp3) is 0.424. The molecule has 2 aromatic carbocycles. The molecule has 0 spiro atoms. The molecule has 0 aliphatic carbocycles. The number of amides is 2. The number of carbonyl (C=O) groups excluding carboxylic acids is 1. The van der Waals surface area contributed by atoms with Gasteiger partial charge in [-0.2, -0.15) is 0 Å². The van der Waals surface area contributed by atoms with Gasteiger partial charge in [0.1, 0.15) is 5.82 Å². The Morgan fingerprint density at radius 1 is 0.952 bits per heavy atom. The van der Waals surface area contributed by atoms with Crippen molar-refractivity contribution in [1.82, 2.24) is 19.7 Å². The number of hydrogen-bond acceptors (Lipinski definition) is 6. The number of rotatable bonds is 9. The van der Waals surface area contributed by atoms with E-state index in [0.29, 0.717) is 11.7 Å². The van der Waals surface area contributed by atoms with Crippen molar-refractivity contribution in [3.8, 4) is 0 Å². The molecule has 1 aromatic heterocycles. The van der Waals surface area contributed by atoms with Crippen LogP contribution >= 0.6 is 0 Å². The lowest BCUT2D eigenvalue weighted by Gasteiger charge is -2.39. The maximum atomic E-state index is 13.8. The van der Waals surface area contributed by atoms with Gasteiger partial charge in [-0.3, -0.25) is 4.90 Å². The highest BCUT2D eigenvalue weighted by molar-refractivity contribution is 5.88. The molecule has 9 nitrogen and oxygen atoms in total. The van der Waals surface area contributed by atoms with E-state index in [0.717, 1.165) is 82.9 Å². The Hall–Kier alpha value is -3.95. The number of benzene rings is 2. The minimum absolute atomic E-state index is 0.0969. The van der Waals surface area contributed by atoms with Crippen LogP contribution in [0.15, 0.2) is 72.9 Å². The predicted molar refractivity (Wildman–Crippen MR) is 161 cm³/mol. The van der Waals surface area contributed by atoms with Gasteiger partial charge >= 0.3 is 12.0 Å². The average Bonchev–Trinajstić information content (AvgIpc) is 3.35. The van der Waals surface area contributed by atoms with Crippen molar-refractivity contribution in [3.05, 3.63) is 89.6 Å². The van der Waals surface area contributed by atoms with Gasteiger partial charge < -0.3 is 25.0 Å². The second kappa shape index (κ2) is 12.9. The zero-order valence-electron chi connectivity index (χ0n) is 23.9. The minimum atomic E-state index is -0.941. The van der Waals surface area contributed by atoms with Crippen LogP contribution in [0.2, 0.25) is 0 Å². The van der Waals surface area contributed by atoms with Crippen LogP contribution in [0, 0.1) is 5.92 Å². The van der Waals surface area contributed by atoms with Crippen LogP contribution in [0.1, 0.15) is 53.2 Å². The van der Waals surface area contributed by atoms with Gasteiger partial charge in [-0.15, -0.1) is 0 Å². The number of urea groups is 1. The number of nitrogens with zero attached hydrogens (tertiary/aromatic N) is 4. The minimum Gasteiger partial charge on any atom is -0.478 e. The number of aromatic carboxylic acids is 1. The van der Waals surface area contributed by atoms with Crippen LogP contribution in [0.4, 0.5) is 16.3 Å². The van der Waals surface area contributed by atoms with Crippen molar-refractivity contribution in [2.75, 3.05) is 44.7 Å². The van der Waals surface area contributed by atoms with Gasteiger partial charge in [-0.25, -0.2) is 14.6 Å². The number of anilines is 2. The van der Waals surface area contributed by atoms with E-state index in [4.69, 9.17) is 9.84 Å². The highest BCUT2D eigenvalue weighted by Gasteiger charge is 2.43. The van der Waals surface area contributed by atoms with E-state index < -0.39 is 5.97 Å². The summed E-state index contributed by atoms with van der Waals surface area (Å²) in [5.74, 6) is 0.294. The summed E-state index contributed by atoms with van der Waals surface area (Å²) in [6.07, 6.45) is 5.87. The van der Waals surface area contributed by atoms with Gasteiger partial charge in [0.15, 0.2) is 0 Å². The molecule has 2 amide bonds. The molecule has 3 aliphatic rings. The van der Waals surface area contributed by atoms with Gasteiger partial charge in [0, 0.05) is 63.9 Å². The number of carboxylic acids is 1. The Morgan fingerprint density at radius 3 is 2.36 bits per heavy atom. The molecular weight excluding hydrogens is 530 g/mol. The molecule has 220 valence electrons. The van der Waals surface area contributed by atoms with Crippen molar-refractivity contribution in [2.45, 2.75) is 44.3 Å². The van der Waals surface area contributed by atoms with Crippen LogP contribution in [-0.4, -0.2) is 82.2 Å². The molecule has 0 bridgehead atoms. The van der Waals surface area contributed by atoms with Crippen LogP contribution < -0.4 is 5.32 Å². The summed E-state index contributed by atoms with van der Waals surface area (Å²) in [5, 5.41) is 12.3. The van der Waals surface area contributed by atoms with Gasteiger partial charge in [0.05, 0.1) is 11.6 Å². The molecule has 3 aromatic rings. The fourth-order valence-electron chi connectivity index (χ4n) is 6.47. The van der Waals surface area contributed by atoms with Crippen LogP contribution in [0.25, 0.3) is 0 Å². The predicted octanol–water partition coefficient (Wildman–Crippen LogP) is 5.39. The number of aromatic nitrogens is 1. The summed E-state index contributed by atoms with van der Waals surface area (Å²) in [6, 6.07) is 21.7. The first-order chi connectivity index (χ1) is 20.5. The van der Waals surface area contributed by atoms with Crippen molar-refractivity contribution in [2.24, 2.45) is 5.92 Å². The van der Waals surface area contributed by atoms with E-state index in [1.165, 1.54) is 5.56 Å². The number of carboxylic acid groups (broad SMARTS) is 1. The molecule has 3 saturated heterocycles.